The van der Waals surface area contributed by atoms with Gasteiger partial charge in [0.05, 0.1) is 6.20 Å². The molecule has 0 saturated carbocycles. The van der Waals surface area contributed by atoms with Crippen LogP contribution in [0.3, 0.4) is 0 Å². The Morgan fingerprint density at radius 3 is 2.79 bits per heavy atom. The topological polar surface area (TPSA) is 101 Å². The van der Waals surface area contributed by atoms with Crippen molar-refractivity contribution < 1.29 is 9.90 Å². The Hall–Kier alpha value is -2.70. The molecule has 0 spiro atoms. The molecule has 0 aliphatic rings. The molecule has 7 nitrogen and oxygen atoms in total. The van der Waals surface area contributed by atoms with Crippen LogP contribution in [0.1, 0.15) is 42.9 Å². The summed E-state index contributed by atoms with van der Waals surface area (Å²) < 4.78 is 1.88. The summed E-state index contributed by atoms with van der Waals surface area (Å²) in [6.07, 6.45) is 7.32. The molecule has 0 bridgehead atoms. The first-order valence-corrected chi connectivity index (χ1v) is 7.87. The van der Waals surface area contributed by atoms with Gasteiger partial charge in [0.1, 0.15) is 5.82 Å². The molecule has 0 aromatic carbocycles. The summed E-state index contributed by atoms with van der Waals surface area (Å²) in [5.74, 6) is 0.0186. The van der Waals surface area contributed by atoms with Crippen LogP contribution in [0.15, 0.2) is 17.2 Å². The molecule has 2 aromatic rings. The number of rotatable bonds is 7. The Kier molecular flexibility index (Phi) is 5.68. The lowest BCUT2D eigenvalue weighted by Crippen LogP contribution is -2.18. The highest BCUT2D eigenvalue weighted by molar-refractivity contribution is 5.67. The molecule has 2 rings (SSSR count). The minimum absolute atomic E-state index is 0.0875. The van der Waals surface area contributed by atoms with E-state index in [0.717, 1.165) is 12.1 Å². The van der Waals surface area contributed by atoms with Gasteiger partial charge in [0, 0.05) is 36.0 Å². The molecule has 2 heterocycles. The number of carbonyl (C=O) groups is 1. The van der Waals surface area contributed by atoms with Crippen molar-refractivity contribution in [2.75, 3.05) is 0 Å². The van der Waals surface area contributed by atoms with Gasteiger partial charge in [0.15, 0.2) is 0 Å². The molecule has 0 atom stereocenters. The summed E-state index contributed by atoms with van der Waals surface area (Å²) in [7, 11) is 0. The van der Waals surface area contributed by atoms with E-state index in [0.29, 0.717) is 23.0 Å². The Bertz CT molecular complexity index is 802. The second-order valence-corrected chi connectivity index (χ2v) is 6.13. The zero-order valence-electron chi connectivity index (χ0n) is 14.1. The maximum absolute atomic E-state index is 12.1. The van der Waals surface area contributed by atoms with E-state index in [1.807, 2.05) is 17.0 Å². The first kappa shape index (κ1) is 17.7. The highest BCUT2D eigenvalue weighted by Crippen LogP contribution is 2.08. The lowest BCUT2D eigenvalue weighted by atomic mass is 10.1. The zero-order chi connectivity index (χ0) is 17.7. The lowest BCUT2D eigenvalue weighted by molar-refractivity contribution is -0.136. The minimum Gasteiger partial charge on any atom is -0.481 e. The summed E-state index contributed by atoms with van der Waals surface area (Å²) in [5, 5.41) is 13.0. The highest BCUT2D eigenvalue weighted by atomic mass is 16.4. The molecule has 0 unspecified atom stereocenters. The fourth-order valence-electron chi connectivity index (χ4n) is 2.35. The van der Waals surface area contributed by atoms with Gasteiger partial charge in [-0.2, -0.15) is 5.10 Å². The van der Waals surface area contributed by atoms with E-state index in [1.54, 1.807) is 19.2 Å². The Labute approximate surface area is 140 Å². The molecule has 2 aromatic heterocycles. The van der Waals surface area contributed by atoms with Crippen molar-refractivity contribution in [1.82, 2.24) is 19.7 Å². The summed E-state index contributed by atoms with van der Waals surface area (Å²) >= 11 is 0. The number of hydrogen-bond acceptors (Lipinski definition) is 4. The molecule has 24 heavy (non-hydrogen) atoms. The van der Waals surface area contributed by atoms with Crippen molar-refractivity contribution in [3.8, 4) is 0 Å². The fourth-order valence-corrected chi connectivity index (χ4v) is 2.35. The second kappa shape index (κ2) is 7.72. The number of aryl methyl sites for hydroxylation is 1. The minimum atomic E-state index is -0.934. The molecule has 2 N–H and O–H groups in total. The molecular formula is C17H22N4O3. The highest BCUT2D eigenvalue weighted by Gasteiger charge is 2.09. The standard InChI is InChI=1S/C17H22N4O3/c1-11(2)9-21-10-13(8-18-21)4-6-15-19-12(3)14(17(24)20-15)5-7-16(22)23/h4,6,8,10-11H,5,7,9H2,1-3H3,(H,22,23)(H,19,20,24)/b6-4+. The number of nitrogens with one attached hydrogen (secondary N) is 1. The average Bonchev–Trinajstić information content (AvgIpc) is 2.90. The van der Waals surface area contributed by atoms with Gasteiger partial charge in [0.2, 0.25) is 0 Å². The van der Waals surface area contributed by atoms with Gasteiger partial charge >= 0.3 is 5.97 Å². The van der Waals surface area contributed by atoms with Gasteiger partial charge in [-0.15, -0.1) is 0 Å². The van der Waals surface area contributed by atoms with Gasteiger partial charge in [-0.25, -0.2) is 4.98 Å². The molecule has 0 fully saturated rings. The first-order valence-electron chi connectivity index (χ1n) is 7.87. The van der Waals surface area contributed by atoms with Crippen molar-refractivity contribution in [1.29, 1.82) is 0 Å². The predicted octanol–water partition coefficient (Wildman–Crippen LogP) is 2.12. The van der Waals surface area contributed by atoms with Gasteiger partial charge in [-0.05, 0) is 31.4 Å². The number of carboxylic acid groups (broad SMARTS) is 1. The Balaban J connectivity index is 2.13. The lowest BCUT2D eigenvalue weighted by Gasteiger charge is -2.04. The fraction of sp³-hybridized carbons (Fsp3) is 0.412. The number of carboxylic acids is 1. The van der Waals surface area contributed by atoms with Crippen molar-refractivity contribution >= 4 is 18.1 Å². The number of H-pyrrole nitrogens is 1. The van der Waals surface area contributed by atoms with E-state index in [2.05, 4.69) is 28.9 Å². The van der Waals surface area contributed by atoms with Crippen LogP contribution in [-0.2, 0) is 17.8 Å². The summed E-state index contributed by atoms with van der Waals surface area (Å²) in [5.41, 5.74) is 1.60. The predicted molar refractivity (Wildman–Crippen MR) is 91.5 cm³/mol. The van der Waals surface area contributed by atoms with E-state index < -0.39 is 5.97 Å². The third-order valence-corrected chi connectivity index (χ3v) is 3.47. The third-order valence-electron chi connectivity index (χ3n) is 3.47. The van der Waals surface area contributed by atoms with Crippen LogP contribution >= 0.6 is 0 Å². The van der Waals surface area contributed by atoms with Crippen molar-refractivity contribution in [3.63, 3.8) is 0 Å². The number of aliphatic carboxylic acids is 1. The molecule has 0 amide bonds. The van der Waals surface area contributed by atoms with E-state index in [9.17, 15) is 9.59 Å². The molecule has 0 saturated heterocycles. The van der Waals surface area contributed by atoms with Gasteiger partial charge < -0.3 is 10.1 Å². The zero-order valence-corrected chi connectivity index (χ0v) is 14.1. The Morgan fingerprint density at radius 2 is 2.17 bits per heavy atom. The normalized spacial score (nSPS) is 11.5. The second-order valence-electron chi connectivity index (χ2n) is 6.13. The van der Waals surface area contributed by atoms with Crippen LogP contribution in [0.5, 0.6) is 0 Å². The average molecular weight is 330 g/mol. The molecular weight excluding hydrogens is 308 g/mol. The quantitative estimate of drug-likeness (QED) is 0.810. The van der Waals surface area contributed by atoms with Crippen LogP contribution in [0.2, 0.25) is 0 Å². The van der Waals surface area contributed by atoms with E-state index in [-0.39, 0.29) is 18.4 Å². The van der Waals surface area contributed by atoms with E-state index >= 15 is 0 Å². The molecule has 7 heteroatoms. The maximum atomic E-state index is 12.1. The SMILES string of the molecule is Cc1nc(/C=C/c2cnn(CC(C)C)c2)[nH]c(=O)c1CCC(=O)O. The molecule has 128 valence electrons. The van der Waals surface area contributed by atoms with E-state index in [1.165, 1.54) is 0 Å². The number of nitrogens with zero attached hydrogens (tertiary/aromatic N) is 3. The van der Waals surface area contributed by atoms with Crippen LogP contribution in [-0.4, -0.2) is 30.8 Å². The van der Waals surface area contributed by atoms with Crippen LogP contribution in [0.25, 0.3) is 12.2 Å². The van der Waals surface area contributed by atoms with Crippen LogP contribution in [0, 0.1) is 12.8 Å². The third kappa shape index (κ3) is 4.91. The number of aromatic nitrogens is 4. The molecule has 0 radical (unpaired) electrons. The van der Waals surface area contributed by atoms with Gasteiger partial charge in [0.25, 0.3) is 5.56 Å². The number of hydrogen-bond donors (Lipinski definition) is 2. The van der Waals surface area contributed by atoms with Crippen LogP contribution in [0.4, 0.5) is 0 Å². The maximum Gasteiger partial charge on any atom is 0.303 e. The van der Waals surface area contributed by atoms with Crippen molar-refractivity contribution in [3.05, 3.63) is 45.4 Å². The smallest absolute Gasteiger partial charge is 0.303 e. The summed E-state index contributed by atoms with van der Waals surface area (Å²) in [4.78, 5) is 29.7. The van der Waals surface area contributed by atoms with Gasteiger partial charge in [-0.1, -0.05) is 13.8 Å². The summed E-state index contributed by atoms with van der Waals surface area (Å²) in [6.45, 7) is 6.81. The molecule has 0 aliphatic carbocycles. The largest absolute Gasteiger partial charge is 0.481 e. The number of aromatic amines is 1. The van der Waals surface area contributed by atoms with Crippen LogP contribution < -0.4 is 5.56 Å². The Morgan fingerprint density at radius 1 is 1.42 bits per heavy atom. The summed E-state index contributed by atoms with van der Waals surface area (Å²) in [6, 6.07) is 0. The van der Waals surface area contributed by atoms with Gasteiger partial charge in [-0.3, -0.25) is 14.3 Å². The van der Waals surface area contributed by atoms with E-state index in [4.69, 9.17) is 5.11 Å². The first-order chi connectivity index (χ1) is 11.3. The van der Waals surface area contributed by atoms with Crippen molar-refractivity contribution in [2.45, 2.75) is 40.2 Å². The molecule has 0 aliphatic heterocycles. The monoisotopic (exact) mass is 330 g/mol. The van der Waals surface area contributed by atoms with Crippen molar-refractivity contribution in [2.24, 2.45) is 5.92 Å².